The van der Waals surface area contributed by atoms with Crippen LogP contribution in [0.4, 0.5) is 0 Å². The molecule has 4 N–H and O–H groups in total. The third kappa shape index (κ3) is 5.87. The number of nitrogens with one attached hydrogen (secondary N) is 2. The molecule has 0 aliphatic rings. The molecule has 0 fully saturated rings. The molecule has 0 aliphatic carbocycles. The van der Waals surface area contributed by atoms with E-state index in [1.807, 2.05) is 24.3 Å². The van der Waals surface area contributed by atoms with Crippen LogP contribution in [-0.4, -0.2) is 38.6 Å². The SMILES string of the molecule is COc1cccc(CCNC(=O)CNC(=O)CN)c1. The highest BCUT2D eigenvalue weighted by Gasteiger charge is 2.03. The molecule has 0 unspecified atom stereocenters. The summed E-state index contributed by atoms with van der Waals surface area (Å²) in [5.41, 5.74) is 6.18. The number of carbonyl (C=O) groups is 2. The molecule has 0 aliphatic heterocycles. The topological polar surface area (TPSA) is 93.5 Å². The van der Waals surface area contributed by atoms with E-state index in [1.54, 1.807) is 7.11 Å². The zero-order chi connectivity index (χ0) is 14.1. The van der Waals surface area contributed by atoms with E-state index >= 15 is 0 Å². The van der Waals surface area contributed by atoms with E-state index in [-0.39, 0.29) is 24.9 Å². The van der Waals surface area contributed by atoms with Gasteiger partial charge in [-0.25, -0.2) is 0 Å². The Hall–Kier alpha value is -2.08. The largest absolute Gasteiger partial charge is 0.497 e. The summed E-state index contributed by atoms with van der Waals surface area (Å²) in [6.45, 7) is 0.343. The lowest BCUT2D eigenvalue weighted by Gasteiger charge is -2.07. The first-order valence-corrected chi connectivity index (χ1v) is 6.02. The predicted molar refractivity (Wildman–Crippen MR) is 71.8 cm³/mol. The second kappa shape index (κ2) is 8.10. The number of rotatable bonds is 7. The molecule has 6 nitrogen and oxygen atoms in total. The summed E-state index contributed by atoms with van der Waals surface area (Å²) in [5, 5.41) is 5.12. The molecule has 0 aromatic heterocycles. The molecule has 1 aromatic rings. The Morgan fingerprint density at radius 1 is 1.26 bits per heavy atom. The minimum atomic E-state index is -0.344. The Labute approximate surface area is 112 Å². The second-order valence-corrected chi connectivity index (χ2v) is 3.93. The highest BCUT2D eigenvalue weighted by atomic mass is 16.5. The zero-order valence-corrected chi connectivity index (χ0v) is 10.9. The van der Waals surface area contributed by atoms with Crippen LogP contribution < -0.4 is 21.1 Å². The minimum Gasteiger partial charge on any atom is -0.497 e. The van der Waals surface area contributed by atoms with E-state index in [4.69, 9.17) is 10.5 Å². The zero-order valence-electron chi connectivity index (χ0n) is 10.9. The molecule has 1 aromatic carbocycles. The number of amides is 2. The quantitative estimate of drug-likeness (QED) is 0.615. The minimum absolute atomic E-state index is 0.0475. The van der Waals surface area contributed by atoms with Crippen LogP contribution in [0.15, 0.2) is 24.3 Å². The summed E-state index contributed by atoms with van der Waals surface area (Å²) in [5.74, 6) is 0.215. The van der Waals surface area contributed by atoms with Crippen molar-refractivity contribution in [2.24, 2.45) is 5.73 Å². The first-order chi connectivity index (χ1) is 9.15. The maximum Gasteiger partial charge on any atom is 0.239 e. The Bertz CT molecular complexity index is 435. The van der Waals surface area contributed by atoms with E-state index in [1.165, 1.54) is 0 Å². The van der Waals surface area contributed by atoms with Crippen LogP contribution in [0.2, 0.25) is 0 Å². The fourth-order valence-electron chi connectivity index (χ4n) is 1.49. The van der Waals surface area contributed by atoms with Crippen LogP contribution in [0.1, 0.15) is 5.56 Å². The van der Waals surface area contributed by atoms with Gasteiger partial charge in [0.25, 0.3) is 0 Å². The van der Waals surface area contributed by atoms with Gasteiger partial charge < -0.3 is 21.1 Å². The fourth-order valence-corrected chi connectivity index (χ4v) is 1.49. The van der Waals surface area contributed by atoms with Crippen molar-refractivity contribution in [2.75, 3.05) is 26.7 Å². The number of nitrogens with two attached hydrogens (primary N) is 1. The highest BCUT2D eigenvalue weighted by molar-refractivity contribution is 5.85. The van der Waals surface area contributed by atoms with Gasteiger partial charge in [0.05, 0.1) is 20.2 Å². The number of methoxy groups -OCH3 is 1. The molecule has 104 valence electrons. The van der Waals surface area contributed by atoms with Crippen LogP contribution in [-0.2, 0) is 16.0 Å². The van der Waals surface area contributed by atoms with Crippen LogP contribution in [0.25, 0.3) is 0 Å². The standard InChI is InChI=1S/C13H19N3O3/c1-19-11-4-2-3-10(7-11)5-6-15-13(18)9-16-12(17)8-14/h2-4,7H,5-6,8-9,14H2,1H3,(H,15,18)(H,16,17). The molecule has 6 heteroatoms. The van der Waals surface area contributed by atoms with Gasteiger partial charge in [-0.1, -0.05) is 12.1 Å². The van der Waals surface area contributed by atoms with Crippen molar-refractivity contribution in [3.63, 3.8) is 0 Å². The van der Waals surface area contributed by atoms with E-state index in [2.05, 4.69) is 10.6 Å². The number of benzene rings is 1. The molecule has 0 spiro atoms. The predicted octanol–water partition coefficient (Wildman–Crippen LogP) is -0.571. The lowest BCUT2D eigenvalue weighted by molar-refractivity contribution is -0.125. The van der Waals surface area contributed by atoms with E-state index in [9.17, 15) is 9.59 Å². The molecular weight excluding hydrogens is 246 g/mol. The molecule has 2 amide bonds. The van der Waals surface area contributed by atoms with Gasteiger partial charge in [0.2, 0.25) is 11.8 Å². The van der Waals surface area contributed by atoms with Gasteiger partial charge in [0, 0.05) is 6.54 Å². The molecular formula is C13H19N3O3. The third-order valence-electron chi connectivity index (χ3n) is 2.50. The molecule has 0 atom stereocenters. The first-order valence-electron chi connectivity index (χ1n) is 6.02. The molecule has 0 saturated heterocycles. The van der Waals surface area contributed by atoms with Gasteiger partial charge in [0.15, 0.2) is 0 Å². The number of hydrogen-bond acceptors (Lipinski definition) is 4. The maximum absolute atomic E-state index is 11.4. The number of ether oxygens (including phenoxy) is 1. The molecule has 19 heavy (non-hydrogen) atoms. The molecule has 0 heterocycles. The second-order valence-electron chi connectivity index (χ2n) is 3.93. The van der Waals surface area contributed by atoms with Gasteiger partial charge in [-0.3, -0.25) is 9.59 Å². The van der Waals surface area contributed by atoms with E-state index < -0.39 is 0 Å². The third-order valence-corrected chi connectivity index (χ3v) is 2.50. The van der Waals surface area contributed by atoms with Gasteiger partial charge in [-0.2, -0.15) is 0 Å². The van der Waals surface area contributed by atoms with Gasteiger partial charge in [-0.05, 0) is 24.1 Å². The fraction of sp³-hybridized carbons (Fsp3) is 0.385. The number of carbonyl (C=O) groups excluding carboxylic acids is 2. The van der Waals surface area contributed by atoms with Crippen molar-refractivity contribution in [3.8, 4) is 5.75 Å². The van der Waals surface area contributed by atoms with Crippen LogP contribution in [0, 0.1) is 0 Å². The van der Waals surface area contributed by atoms with Crippen LogP contribution >= 0.6 is 0 Å². The van der Waals surface area contributed by atoms with Crippen molar-refractivity contribution in [2.45, 2.75) is 6.42 Å². The molecule has 1 rings (SSSR count). The average molecular weight is 265 g/mol. The molecule has 0 bridgehead atoms. The van der Waals surface area contributed by atoms with Crippen molar-refractivity contribution in [1.29, 1.82) is 0 Å². The van der Waals surface area contributed by atoms with Crippen molar-refractivity contribution in [3.05, 3.63) is 29.8 Å². The molecule has 0 saturated carbocycles. The number of hydrogen-bond donors (Lipinski definition) is 3. The summed E-state index contributed by atoms with van der Waals surface area (Å²) in [4.78, 5) is 22.2. The van der Waals surface area contributed by atoms with Crippen LogP contribution in [0.3, 0.4) is 0 Å². The smallest absolute Gasteiger partial charge is 0.239 e. The average Bonchev–Trinajstić information content (AvgIpc) is 2.45. The summed E-state index contributed by atoms with van der Waals surface area (Å²) in [7, 11) is 1.61. The first kappa shape index (κ1) is 15.0. The highest BCUT2D eigenvalue weighted by Crippen LogP contribution is 2.12. The van der Waals surface area contributed by atoms with Crippen LogP contribution in [0.5, 0.6) is 5.75 Å². The van der Waals surface area contributed by atoms with Crippen molar-refractivity contribution in [1.82, 2.24) is 10.6 Å². The van der Waals surface area contributed by atoms with Gasteiger partial charge >= 0.3 is 0 Å². The van der Waals surface area contributed by atoms with Gasteiger partial charge in [0.1, 0.15) is 5.75 Å². The lowest BCUT2D eigenvalue weighted by atomic mass is 10.1. The monoisotopic (exact) mass is 265 g/mol. The summed E-state index contributed by atoms with van der Waals surface area (Å²) in [6, 6.07) is 7.65. The van der Waals surface area contributed by atoms with Crippen molar-refractivity contribution >= 4 is 11.8 Å². The Morgan fingerprint density at radius 3 is 2.74 bits per heavy atom. The Kier molecular flexibility index (Phi) is 6.38. The summed E-state index contributed by atoms with van der Waals surface area (Å²) in [6.07, 6.45) is 0.702. The Balaban J connectivity index is 2.25. The van der Waals surface area contributed by atoms with Crippen molar-refractivity contribution < 1.29 is 14.3 Å². The molecule has 0 radical (unpaired) electrons. The van der Waals surface area contributed by atoms with E-state index in [0.29, 0.717) is 13.0 Å². The Morgan fingerprint density at radius 2 is 2.05 bits per heavy atom. The summed E-state index contributed by atoms with van der Waals surface area (Å²) < 4.78 is 5.11. The van der Waals surface area contributed by atoms with Gasteiger partial charge in [-0.15, -0.1) is 0 Å². The normalized spacial score (nSPS) is 9.79. The maximum atomic E-state index is 11.4. The lowest BCUT2D eigenvalue weighted by Crippen LogP contribution is -2.40. The summed E-state index contributed by atoms with van der Waals surface area (Å²) >= 11 is 0. The van der Waals surface area contributed by atoms with E-state index in [0.717, 1.165) is 11.3 Å².